The molecule has 0 radical (unpaired) electrons. The van der Waals surface area contributed by atoms with E-state index in [1.165, 1.54) is 11.3 Å². The highest BCUT2D eigenvalue weighted by Crippen LogP contribution is 2.20. The van der Waals surface area contributed by atoms with E-state index in [4.69, 9.17) is 4.74 Å². The molecule has 3 aromatic rings. The molecule has 0 aliphatic heterocycles. The molecule has 0 saturated heterocycles. The van der Waals surface area contributed by atoms with E-state index in [0.29, 0.717) is 16.3 Å². The van der Waals surface area contributed by atoms with Crippen LogP contribution in [-0.2, 0) is 22.6 Å². The van der Waals surface area contributed by atoms with Gasteiger partial charge in [0.2, 0.25) is 5.91 Å². The summed E-state index contributed by atoms with van der Waals surface area (Å²) in [6.45, 7) is 9.85. The lowest BCUT2D eigenvalue weighted by molar-refractivity contribution is -0.115. The van der Waals surface area contributed by atoms with Crippen LogP contribution < -0.4 is 5.32 Å². The first kappa shape index (κ1) is 21.7. The second kappa shape index (κ2) is 9.22. The van der Waals surface area contributed by atoms with Gasteiger partial charge < -0.3 is 10.1 Å². The number of aromatic nitrogens is 1. The molecule has 0 unspecified atom stereocenters. The molecule has 30 heavy (non-hydrogen) atoms. The zero-order chi connectivity index (χ0) is 21.8. The van der Waals surface area contributed by atoms with E-state index in [0.717, 1.165) is 33.5 Å². The lowest BCUT2D eigenvalue weighted by atomic mass is 10.00. The van der Waals surface area contributed by atoms with Crippen LogP contribution in [0.1, 0.15) is 48.9 Å². The molecule has 2 aromatic carbocycles. The number of hydrogen-bond donors (Lipinski definition) is 1. The fourth-order valence-corrected chi connectivity index (χ4v) is 4.19. The standard InChI is InChI=1S/C24H26N2O3S/c1-14-6-7-16(3)20(10-14)26-21(27)11-22-25-19(13-30-22)12-29-24(28)23-17(4)8-15(2)9-18(23)5/h6-10,13H,11-12H2,1-5H3,(H,26,27). The summed E-state index contributed by atoms with van der Waals surface area (Å²) in [6.07, 6.45) is 0.183. The Morgan fingerprint density at radius 1 is 0.967 bits per heavy atom. The van der Waals surface area contributed by atoms with E-state index >= 15 is 0 Å². The van der Waals surface area contributed by atoms with Gasteiger partial charge in [0.25, 0.3) is 0 Å². The number of thiazole rings is 1. The minimum atomic E-state index is -0.354. The molecule has 156 valence electrons. The molecular weight excluding hydrogens is 396 g/mol. The third-order valence-corrected chi connectivity index (χ3v) is 5.71. The van der Waals surface area contributed by atoms with Crippen molar-refractivity contribution >= 4 is 28.9 Å². The van der Waals surface area contributed by atoms with Crippen LogP contribution >= 0.6 is 11.3 Å². The third-order valence-electron chi connectivity index (χ3n) is 4.81. The Kier molecular flexibility index (Phi) is 6.67. The first-order valence-electron chi connectivity index (χ1n) is 9.78. The number of hydrogen-bond acceptors (Lipinski definition) is 5. The molecule has 0 aliphatic carbocycles. The highest BCUT2D eigenvalue weighted by atomic mass is 32.1. The summed E-state index contributed by atoms with van der Waals surface area (Å²) in [5.74, 6) is -0.472. The topological polar surface area (TPSA) is 68.3 Å². The van der Waals surface area contributed by atoms with Crippen molar-refractivity contribution in [3.8, 4) is 0 Å². The van der Waals surface area contributed by atoms with Crippen LogP contribution in [0.25, 0.3) is 0 Å². The first-order valence-corrected chi connectivity index (χ1v) is 10.7. The Morgan fingerprint density at radius 3 is 2.37 bits per heavy atom. The zero-order valence-electron chi connectivity index (χ0n) is 18.0. The Morgan fingerprint density at radius 2 is 1.67 bits per heavy atom. The summed E-state index contributed by atoms with van der Waals surface area (Å²) in [7, 11) is 0. The molecule has 0 aliphatic rings. The fourth-order valence-electron chi connectivity index (χ4n) is 3.41. The summed E-state index contributed by atoms with van der Waals surface area (Å²) in [5.41, 5.74) is 7.09. The molecule has 1 amide bonds. The molecule has 3 rings (SSSR count). The van der Waals surface area contributed by atoms with Gasteiger partial charge in [-0.2, -0.15) is 0 Å². The van der Waals surface area contributed by atoms with Crippen LogP contribution in [0.4, 0.5) is 5.69 Å². The molecule has 0 spiro atoms. The fraction of sp³-hybridized carbons (Fsp3) is 0.292. The monoisotopic (exact) mass is 422 g/mol. The Labute approximate surface area is 181 Å². The first-order chi connectivity index (χ1) is 14.2. The smallest absolute Gasteiger partial charge is 0.339 e. The van der Waals surface area contributed by atoms with Crippen LogP contribution in [0.2, 0.25) is 0 Å². The molecule has 1 N–H and O–H groups in total. The summed E-state index contributed by atoms with van der Waals surface area (Å²) in [4.78, 5) is 29.3. The van der Waals surface area contributed by atoms with Crippen molar-refractivity contribution in [3.05, 3.63) is 79.8 Å². The van der Waals surface area contributed by atoms with Crippen molar-refractivity contribution in [2.75, 3.05) is 5.32 Å². The van der Waals surface area contributed by atoms with Gasteiger partial charge in [-0.1, -0.05) is 29.8 Å². The van der Waals surface area contributed by atoms with Gasteiger partial charge >= 0.3 is 5.97 Å². The van der Waals surface area contributed by atoms with Gasteiger partial charge in [0.1, 0.15) is 11.6 Å². The van der Waals surface area contributed by atoms with Crippen molar-refractivity contribution < 1.29 is 14.3 Å². The van der Waals surface area contributed by atoms with Crippen LogP contribution in [0.5, 0.6) is 0 Å². The van der Waals surface area contributed by atoms with Crippen molar-refractivity contribution in [3.63, 3.8) is 0 Å². The minimum Gasteiger partial charge on any atom is -0.456 e. The minimum absolute atomic E-state index is 0.0840. The number of rotatable bonds is 6. The summed E-state index contributed by atoms with van der Waals surface area (Å²) >= 11 is 1.39. The number of aryl methyl sites for hydroxylation is 5. The molecule has 0 fully saturated rings. The molecule has 1 aromatic heterocycles. The number of ether oxygens (including phenoxy) is 1. The average Bonchev–Trinajstić information content (AvgIpc) is 3.09. The van der Waals surface area contributed by atoms with Gasteiger partial charge in [-0.25, -0.2) is 9.78 Å². The van der Waals surface area contributed by atoms with Gasteiger partial charge in [-0.3, -0.25) is 4.79 Å². The molecule has 5 nitrogen and oxygen atoms in total. The van der Waals surface area contributed by atoms with Crippen LogP contribution in [0.15, 0.2) is 35.7 Å². The van der Waals surface area contributed by atoms with Crippen LogP contribution in [0, 0.1) is 34.6 Å². The molecule has 1 heterocycles. The maximum atomic E-state index is 12.5. The van der Waals surface area contributed by atoms with Crippen molar-refractivity contribution in [2.45, 2.75) is 47.6 Å². The van der Waals surface area contributed by atoms with E-state index in [1.54, 1.807) is 0 Å². The van der Waals surface area contributed by atoms with Gasteiger partial charge in [0, 0.05) is 11.1 Å². The van der Waals surface area contributed by atoms with E-state index in [9.17, 15) is 9.59 Å². The van der Waals surface area contributed by atoms with E-state index in [-0.39, 0.29) is 24.9 Å². The van der Waals surface area contributed by atoms with Crippen molar-refractivity contribution in [2.24, 2.45) is 0 Å². The van der Waals surface area contributed by atoms with Gasteiger partial charge in [-0.05, 0) is 62.9 Å². The number of anilines is 1. The number of carbonyl (C=O) groups is 2. The average molecular weight is 423 g/mol. The normalized spacial score (nSPS) is 10.7. The molecule has 6 heteroatoms. The van der Waals surface area contributed by atoms with E-state index in [2.05, 4.69) is 10.3 Å². The van der Waals surface area contributed by atoms with Crippen LogP contribution in [-0.4, -0.2) is 16.9 Å². The number of nitrogens with one attached hydrogen (secondary N) is 1. The van der Waals surface area contributed by atoms with Crippen molar-refractivity contribution in [1.82, 2.24) is 4.98 Å². The Bertz CT molecular complexity index is 1080. The van der Waals surface area contributed by atoms with E-state index in [1.807, 2.05) is 70.3 Å². The Balaban J connectivity index is 1.58. The molecule has 0 bridgehead atoms. The van der Waals surface area contributed by atoms with E-state index < -0.39 is 0 Å². The lowest BCUT2D eigenvalue weighted by Crippen LogP contribution is -2.15. The quantitative estimate of drug-likeness (QED) is 0.553. The van der Waals surface area contributed by atoms with Crippen LogP contribution in [0.3, 0.4) is 0 Å². The number of esters is 1. The lowest BCUT2D eigenvalue weighted by Gasteiger charge is -2.10. The third kappa shape index (κ3) is 5.33. The van der Waals surface area contributed by atoms with Gasteiger partial charge in [-0.15, -0.1) is 11.3 Å². The number of benzene rings is 2. The number of carbonyl (C=O) groups excluding carboxylic acids is 2. The molecule has 0 saturated carbocycles. The molecular formula is C24H26N2O3S. The highest BCUT2D eigenvalue weighted by molar-refractivity contribution is 7.09. The largest absolute Gasteiger partial charge is 0.456 e. The maximum absolute atomic E-state index is 12.5. The number of nitrogens with zero attached hydrogens (tertiary/aromatic N) is 1. The summed E-state index contributed by atoms with van der Waals surface area (Å²) in [5, 5.41) is 5.45. The van der Waals surface area contributed by atoms with Crippen molar-refractivity contribution in [1.29, 1.82) is 0 Å². The Hall–Kier alpha value is -2.99. The zero-order valence-corrected chi connectivity index (χ0v) is 18.8. The maximum Gasteiger partial charge on any atom is 0.339 e. The molecule has 0 atom stereocenters. The SMILES string of the molecule is Cc1cc(C)c(C(=O)OCc2csc(CC(=O)Nc3cc(C)ccc3C)n2)c(C)c1. The van der Waals surface area contributed by atoms with Gasteiger partial charge in [0.05, 0.1) is 17.7 Å². The highest BCUT2D eigenvalue weighted by Gasteiger charge is 2.16. The second-order valence-corrected chi connectivity index (χ2v) is 8.57. The summed E-state index contributed by atoms with van der Waals surface area (Å²) in [6, 6.07) is 9.89. The second-order valence-electron chi connectivity index (χ2n) is 7.63. The predicted molar refractivity (Wildman–Crippen MR) is 120 cm³/mol. The number of amides is 1. The summed E-state index contributed by atoms with van der Waals surface area (Å²) < 4.78 is 5.46. The predicted octanol–water partition coefficient (Wildman–Crippen LogP) is 5.22. The van der Waals surface area contributed by atoms with Gasteiger partial charge in [0.15, 0.2) is 0 Å².